The molecule has 0 N–H and O–H groups in total. The molecule has 1 aliphatic heterocycles. The van der Waals surface area contributed by atoms with Crippen LogP contribution in [0.3, 0.4) is 0 Å². The third kappa shape index (κ3) is 3.71. The second-order valence-corrected chi connectivity index (χ2v) is 7.21. The number of nitrogens with zero attached hydrogens (tertiary/aromatic N) is 6. The van der Waals surface area contributed by atoms with Crippen molar-refractivity contribution >= 4 is 11.5 Å². The minimum atomic E-state index is -0.399. The van der Waals surface area contributed by atoms with Crippen LogP contribution in [0, 0.1) is 17.0 Å². The van der Waals surface area contributed by atoms with Crippen LogP contribution in [0.5, 0.6) is 0 Å². The van der Waals surface area contributed by atoms with Crippen molar-refractivity contribution in [1.29, 1.82) is 0 Å². The number of piperidine rings is 1. The van der Waals surface area contributed by atoms with Crippen LogP contribution in [0.2, 0.25) is 0 Å². The third-order valence-corrected chi connectivity index (χ3v) is 5.17. The molecule has 4 rings (SSSR count). The first-order valence-electron chi connectivity index (χ1n) is 9.33. The highest BCUT2D eigenvalue weighted by atomic mass is 16.6. The Kier molecular flexibility index (Phi) is 4.77. The molecule has 0 saturated carbocycles. The average Bonchev–Trinajstić information content (AvgIpc) is 3.14. The Labute approximate surface area is 163 Å². The first-order chi connectivity index (χ1) is 13.5. The van der Waals surface area contributed by atoms with Crippen LogP contribution in [0.15, 0.2) is 42.7 Å². The molecule has 8 nitrogen and oxygen atoms in total. The summed E-state index contributed by atoms with van der Waals surface area (Å²) < 4.78 is 1.85. The second-order valence-electron chi connectivity index (χ2n) is 7.21. The zero-order valence-electron chi connectivity index (χ0n) is 15.9. The minimum Gasteiger partial charge on any atom is -0.356 e. The van der Waals surface area contributed by atoms with Crippen molar-refractivity contribution in [3.05, 3.63) is 64.1 Å². The number of nitro groups is 1. The van der Waals surface area contributed by atoms with Crippen LogP contribution in [0.4, 0.5) is 11.5 Å². The fourth-order valence-corrected chi connectivity index (χ4v) is 3.69. The van der Waals surface area contributed by atoms with Crippen molar-refractivity contribution in [2.75, 3.05) is 18.0 Å². The van der Waals surface area contributed by atoms with Crippen LogP contribution in [-0.4, -0.2) is 37.8 Å². The topological polar surface area (TPSA) is 90.0 Å². The number of hydrogen-bond donors (Lipinski definition) is 0. The highest BCUT2D eigenvalue weighted by Gasteiger charge is 2.23. The Morgan fingerprint density at radius 1 is 1.18 bits per heavy atom. The summed E-state index contributed by atoms with van der Waals surface area (Å²) in [6, 6.07) is 8.44. The lowest BCUT2D eigenvalue weighted by molar-refractivity contribution is -0.384. The Morgan fingerprint density at radius 2 is 1.96 bits per heavy atom. The Hall–Kier alpha value is -3.29. The summed E-state index contributed by atoms with van der Waals surface area (Å²) in [6.07, 6.45) is 6.13. The van der Waals surface area contributed by atoms with E-state index in [-0.39, 0.29) is 5.69 Å². The molecular formula is C20H22N6O2. The fourth-order valence-electron chi connectivity index (χ4n) is 3.69. The fraction of sp³-hybridized carbons (Fsp3) is 0.350. The molecule has 1 fully saturated rings. The van der Waals surface area contributed by atoms with Crippen molar-refractivity contribution in [1.82, 2.24) is 19.7 Å². The number of anilines is 1. The molecule has 0 amide bonds. The molecule has 1 aliphatic rings. The number of benzene rings is 1. The molecule has 3 heterocycles. The van der Waals surface area contributed by atoms with E-state index in [1.807, 2.05) is 30.9 Å². The third-order valence-electron chi connectivity index (χ3n) is 5.17. The Balaban J connectivity index is 1.55. The summed E-state index contributed by atoms with van der Waals surface area (Å²) in [5.74, 6) is 1.91. The SMILES string of the molecule is Cc1cc(N2CCC(c3cnn(C)c3)CC2)nc(-c2cccc([N+](=O)[O-])c2)n1. The van der Waals surface area contributed by atoms with Gasteiger partial charge in [0, 0.05) is 55.8 Å². The predicted octanol–water partition coefficient (Wildman–Crippen LogP) is 3.48. The van der Waals surface area contributed by atoms with Crippen LogP contribution < -0.4 is 4.90 Å². The number of rotatable bonds is 4. The lowest BCUT2D eigenvalue weighted by atomic mass is 9.91. The van der Waals surface area contributed by atoms with E-state index in [4.69, 9.17) is 4.98 Å². The molecule has 0 unspecified atom stereocenters. The van der Waals surface area contributed by atoms with Gasteiger partial charge in [0.05, 0.1) is 11.1 Å². The van der Waals surface area contributed by atoms with Crippen molar-refractivity contribution in [3.63, 3.8) is 0 Å². The zero-order chi connectivity index (χ0) is 19.7. The summed E-state index contributed by atoms with van der Waals surface area (Å²) in [6.45, 7) is 3.74. The van der Waals surface area contributed by atoms with E-state index in [2.05, 4.69) is 21.2 Å². The van der Waals surface area contributed by atoms with Crippen LogP contribution in [0.25, 0.3) is 11.4 Å². The summed E-state index contributed by atoms with van der Waals surface area (Å²) >= 11 is 0. The first-order valence-corrected chi connectivity index (χ1v) is 9.33. The molecule has 0 atom stereocenters. The van der Waals surface area contributed by atoms with E-state index in [1.165, 1.54) is 17.7 Å². The maximum absolute atomic E-state index is 11.1. The maximum atomic E-state index is 11.1. The molecule has 28 heavy (non-hydrogen) atoms. The smallest absolute Gasteiger partial charge is 0.270 e. The van der Waals surface area contributed by atoms with Gasteiger partial charge < -0.3 is 4.90 Å². The number of aromatic nitrogens is 4. The van der Waals surface area contributed by atoms with Gasteiger partial charge in [-0.25, -0.2) is 9.97 Å². The highest BCUT2D eigenvalue weighted by Crippen LogP contribution is 2.30. The summed E-state index contributed by atoms with van der Waals surface area (Å²) in [5, 5.41) is 15.3. The summed E-state index contributed by atoms with van der Waals surface area (Å²) in [7, 11) is 1.94. The summed E-state index contributed by atoms with van der Waals surface area (Å²) in [4.78, 5) is 22.1. The number of hydrogen-bond acceptors (Lipinski definition) is 6. The molecular weight excluding hydrogens is 356 g/mol. The van der Waals surface area contributed by atoms with Gasteiger partial charge in [0.15, 0.2) is 5.82 Å². The quantitative estimate of drug-likeness (QED) is 0.510. The highest BCUT2D eigenvalue weighted by molar-refractivity contribution is 5.61. The number of aryl methyl sites for hydroxylation is 2. The molecule has 2 aromatic heterocycles. The van der Waals surface area contributed by atoms with Gasteiger partial charge >= 0.3 is 0 Å². The van der Waals surface area contributed by atoms with Gasteiger partial charge in [0.25, 0.3) is 5.69 Å². The van der Waals surface area contributed by atoms with E-state index in [1.54, 1.807) is 12.1 Å². The molecule has 0 aliphatic carbocycles. The van der Waals surface area contributed by atoms with Crippen molar-refractivity contribution in [3.8, 4) is 11.4 Å². The van der Waals surface area contributed by atoms with Crippen molar-refractivity contribution in [2.45, 2.75) is 25.7 Å². The van der Waals surface area contributed by atoms with E-state index in [9.17, 15) is 10.1 Å². The van der Waals surface area contributed by atoms with Gasteiger partial charge in [-0.2, -0.15) is 5.10 Å². The maximum Gasteiger partial charge on any atom is 0.270 e. The Bertz CT molecular complexity index is 1010. The van der Waals surface area contributed by atoms with Crippen LogP contribution in [-0.2, 0) is 7.05 Å². The lowest BCUT2D eigenvalue weighted by Crippen LogP contribution is -2.33. The normalized spacial score (nSPS) is 15.0. The molecule has 8 heteroatoms. The molecule has 1 saturated heterocycles. The van der Waals surface area contributed by atoms with E-state index >= 15 is 0 Å². The van der Waals surface area contributed by atoms with E-state index in [0.717, 1.165) is 37.4 Å². The predicted molar refractivity (Wildman–Crippen MR) is 106 cm³/mol. The Morgan fingerprint density at radius 3 is 2.64 bits per heavy atom. The van der Waals surface area contributed by atoms with Crippen molar-refractivity contribution in [2.24, 2.45) is 7.05 Å². The first kappa shape index (κ1) is 18.1. The van der Waals surface area contributed by atoms with Gasteiger partial charge in [0.2, 0.25) is 0 Å². The van der Waals surface area contributed by atoms with E-state index in [0.29, 0.717) is 17.3 Å². The molecule has 0 spiro atoms. The monoisotopic (exact) mass is 378 g/mol. The van der Waals surface area contributed by atoms with Crippen LogP contribution in [0.1, 0.15) is 30.0 Å². The second kappa shape index (κ2) is 7.38. The largest absolute Gasteiger partial charge is 0.356 e. The molecule has 0 radical (unpaired) electrons. The van der Waals surface area contributed by atoms with Crippen molar-refractivity contribution < 1.29 is 4.92 Å². The molecule has 144 valence electrons. The van der Waals surface area contributed by atoms with Crippen LogP contribution >= 0.6 is 0 Å². The minimum absolute atomic E-state index is 0.0430. The molecule has 1 aromatic carbocycles. The van der Waals surface area contributed by atoms with Gasteiger partial charge in [-0.15, -0.1) is 0 Å². The zero-order valence-corrected chi connectivity index (χ0v) is 15.9. The van der Waals surface area contributed by atoms with E-state index < -0.39 is 4.92 Å². The van der Waals surface area contributed by atoms with Gasteiger partial charge in [0.1, 0.15) is 5.82 Å². The average molecular weight is 378 g/mol. The standard InChI is InChI=1S/C20H22N6O2/c1-14-10-19(23-20(22-14)16-4-3-5-18(11-16)26(27)28)25-8-6-15(7-9-25)17-12-21-24(2)13-17/h3-5,10-13,15H,6-9H2,1-2H3. The number of non-ortho nitro benzene ring substituents is 1. The molecule has 0 bridgehead atoms. The van der Waals surface area contributed by atoms with Gasteiger partial charge in [-0.1, -0.05) is 12.1 Å². The molecule has 3 aromatic rings. The number of nitro benzene ring substituents is 1. The van der Waals surface area contributed by atoms with Gasteiger partial charge in [-0.05, 0) is 31.2 Å². The summed E-state index contributed by atoms with van der Waals surface area (Å²) in [5.41, 5.74) is 2.84. The van der Waals surface area contributed by atoms with Gasteiger partial charge in [-0.3, -0.25) is 14.8 Å². The lowest BCUT2D eigenvalue weighted by Gasteiger charge is -2.32.